The molecule has 0 bridgehead atoms. The molecule has 5 heteroatoms. The molecule has 0 aliphatic heterocycles. The zero-order valence-electron chi connectivity index (χ0n) is 9.94. The molecule has 0 saturated heterocycles. The van der Waals surface area contributed by atoms with E-state index in [0.29, 0.717) is 18.2 Å². The molecule has 0 aliphatic carbocycles. The second-order valence-electron chi connectivity index (χ2n) is 4.21. The van der Waals surface area contributed by atoms with E-state index < -0.39 is 0 Å². The highest BCUT2D eigenvalue weighted by atomic mass is 15.3. The van der Waals surface area contributed by atoms with E-state index in [0.717, 1.165) is 23.6 Å². The Hall–Kier alpha value is -1.49. The normalized spacial score (nSPS) is 13.2. The Kier molecular flexibility index (Phi) is 2.87. The lowest BCUT2D eigenvalue weighted by Crippen LogP contribution is -2.09. The van der Waals surface area contributed by atoms with Gasteiger partial charge in [0.1, 0.15) is 5.82 Å². The maximum atomic E-state index is 5.57. The lowest BCUT2D eigenvalue weighted by Gasteiger charge is -2.09. The van der Waals surface area contributed by atoms with Gasteiger partial charge in [-0.15, -0.1) is 10.2 Å². The van der Waals surface area contributed by atoms with Crippen LogP contribution in [0.5, 0.6) is 0 Å². The Labute approximate surface area is 94.7 Å². The highest BCUT2D eigenvalue weighted by molar-refractivity contribution is 5.33. The maximum absolute atomic E-state index is 5.57. The fraction of sp³-hybridized carbons (Fsp3) is 0.545. The van der Waals surface area contributed by atoms with Crippen LogP contribution in [-0.4, -0.2) is 26.1 Å². The molecule has 0 saturated carbocycles. The van der Waals surface area contributed by atoms with Crippen LogP contribution in [0, 0.1) is 13.8 Å². The molecule has 2 aromatic heterocycles. The highest BCUT2D eigenvalue weighted by Gasteiger charge is 2.15. The number of nitrogens with zero attached hydrogens (tertiary/aromatic N) is 4. The summed E-state index contributed by atoms with van der Waals surface area (Å²) in [7, 11) is 0. The molecule has 0 spiro atoms. The van der Waals surface area contributed by atoms with E-state index >= 15 is 0 Å². The van der Waals surface area contributed by atoms with Gasteiger partial charge >= 0.3 is 0 Å². The first-order valence-corrected chi connectivity index (χ1v) is 5.53. The molecular formula is C11H17N5. The summed E-state index contributed by atoms with van der Waals surface area (Å²) in [6.45, 7) is 6.78. The van der Waals surface area contributed by atoms with Crippen molar-refractivity contribution in [2.24, 2.45) is 5.73 Å². The number of fused-ring (bicyclic) bond motifs is 1. The van der Waals surface area contributed by atoms with E-state index in [-0.39, 0.29) is 0 Å². The summed E-state index contributed by atoms with van der Waals surface area (Å²) in [6.07, 6.45) is 0.911. The molecule has 86 valence electrons. The molecule has 2 N–H and O–H groups in total. The summed E-state index contributed by atoms with van der Waals surface area (Å²) in [5.74, 6) is 1.94. The summed E-state index contributed by atoms with van der Waals surface area (Å²) in [4.78, 5) is 4.36. The third-order valence-electron chi connectivity index (χ3n) is 2.76. The number of aromatic nitrogens is 4. The lowest BCUT2D eigenvalue weighted by atomic mass is 10.1. The highest BCUT2D eigenvalue weighted by Crippen LogP contribution is 2.18. The van der Waals surface area contributed by atoms with Crippen LogP contribution in [0.1, 0.15) is 36.5 Å². The topological polar surface area (TPSA) is 69.1 Å². The summed E-state index contributed by atoms with van der Waals surface area (Å²) < 4.78 is 2.01. The molecule has 2 rings (SSSR count). The van der Waals surface area contributed by atoms with Crippen LogP contribution in [-0.2, 0) is 0 Å². The zero-order valence-corrected chi connectivity index (χ0v) is 9.94. The number of hydrogen-bond acceptors (Lipinski definition) is 4. The molecule has 0 aliphatic rings. The molecule has 1 unspecified atom stereocenters. The number of hydrogen-bond donors (Lipinski definition) is 1. The quantitative estimate of drug-likeness (QED) is 0.842. The van der Waals surface area contributed by atoms with E-state index in [1.54, 1.807) is 0 Å². The number of nitrogens with two attached hydrogens (primary N) is 1. The summed E-state index contributed by atoms with van der Waals surface area (Å²) in [5.41, 5.74) is 7.65. The Morgan fingerprint density at radius 2 is 2.12 bits per heavy atom. The van der Waals surface area contributed by atoms with E-state index in [2.05, 4.69) is 22.1 Å². The van der Waals surface area contributed by atoms with E-state index in [1.807, 2.05) is 24.3 Å². The maximum Gasteiger partial charge on any atom is 0.255 e. The molecule has 0 radical (unpaired) electrons. The minimum atomic E-state index is 0.309. The van der Waals surface area contributed by atoms with Gasteiger partial charge in [-0.1, -0.05) is 6.92 Å². The van der Waals surface area contributed by atoms with Crippen molar-refractivity contribution < 1.29 is 0 Å². The first kappa shape index (κ1) is 11.0. The van der Waals surface area contributed by atoms with Crippen LogP contribution < -0.4 is 5.73 Å². The number of rotatable bonds is 3. The molecule has 2 heterocycles. The van der Waals surface area contributed by atoms with Gasteiger partial charge in [-0.25, -0.2) is 4.98 Å². The molecular weight excluding hydrogens is 202 g/mol. The molecule has 1 atom stereocenters. The van der Waals surface area contributed by atoms with Crippen molar-refractivity contribution in [2.75, 3.05) is 6.54 Å². The summed E-state index contributed by atoms with van der Waals surface area (Å²) in [5, 5.41) is 8.32. The van der Waals surface area contributed by atoms with Gasteiger partial charge in [0, 0.05) is 17.3 Å². The van der Waals surface area contributed by atoms with Crippen molar-refractivity contribution >= 4 is 5.78 Å². The van der Waals surface area contributed by atoms with Gasteiger partial charge < -0.3 is 5.73 Å². The van der Waals surface area contributed by atoms with E-state index in [9.17, 15) is 0 Å². The predicted octanol–water partition coefficient (Wildman–Crippen LogP) is 1.19. The minimum absolute atomic E-state index is 0.309. The summed E-state index contributed by atoms with van der Waals surface area (Å²) >= 11 is 0. The van der Waals surface area contributed by atoms with Crippen molar-refractivity contribution in [2.45, 2.75) is 33.1 Å². The van der Waals surface area contributed by atoms with Gasteiger partial charge in [0.15, 0.2) is 0 Å². The first-order chi connectivity index (χ1) is 7.63. The Bertz CT molecular complexity index is 502. The Balaban J connectivity index is 2.55. The predicted molar refractivity (Wildman–Crippen MR) is 62.3 cm³/mol. The van der Waals surface area contributed by atoms with Crippen LogP contribution in [0.3, 0.4) is 0 Å². The smallest absolute Gasteiger partial charge is 0.255 e. The minimum Gasteiger partial charge on any atom is -0.330 e. The zero-order chi connectivity index (χ0) is 11.7. The second kappa shape index (κ2) is 4.17. The first-order valence-electron chi connectivity index (χ1n) is 5.53. The van der Waals surface area contributed by atoms with Crippen molar-refractivity contribution in [3.63, 3.8) is 0 Å². The second-order valence-corrected chi connectivity index (χ2v) is 4.21. The van der Waals surface area contributed by atoms with Gasteiger partial charge in [0.25, 0.3) is 5.78 Å². The fourth-order valence-corrected chi connectivity index (χ4v) is 1.95. The van der Waals surface area contributed by atoms with Gasteiger partial charge in [0.05, 0.1) is 0 Å². The van der Waals surface area contributed by atoms with Crippen molar-refractivity contribution in [3.8, 4) is 0 Å². The van der Waals surface area contributed by atoms with Gasteiger partial charge in [-0.3, -0.25) is 4.40 Å². The monoisotopic (exact) mass is 219 g/mol. The van der Waals surface area contributed by atoms with Crippen molar-refractivity contribution in [1.29, 1.82) is 0 Å². The van der Waals surface area contributed by atoms with Crippen LogP contribution in [0.2, 0.25) is 0 Å². The summed E-state index contributed by atoms with van der Waals surface area (Å²) in [6, 6.07) is 2.04. The van der Waals surface area contributed by atoms with Crippen molar-refractivity contribution in [1.82, 2.24) is 19.6 Å². The fourth-order valence-electron chi connectivity index (χ4n) is 1.95. The Morgan fingerprint density at radius 1 is 1.38 bits per heavy atom. The Morgan fingerprint density at radius 3 is 2.81 bits per heavy atom. The molecule has 0 amide bonds. The SMILES string of the molecule is Cc1cc(C)n2c(C(C)CCN)nnc2n1. The average Bonchev–Trinajstić information content (AvgIpc) is 2.61. The van der Waals surface area contributed by atoms with Gasteiger partial charge in [0.2, 0.25) is 0 Å². The largest absolute Gasteiger partial charge is 0.330 e. The van der Waals surface area contributed by atoms with Crippen molar-refractivity contribution in [3.05, 3.63) is 23.3 Å². The molecule has 0 fully saturated rings. The molecule has 0 aromatic carbocycles. The standard InChI is InChI=1S/C11H17N5/c1-7(4-5-12)10-14-15-11-13-8(2)6-9(3)16(10)11/h6-7H,4-5,12H2,1-3H3. The van der Waals surface area contributed by atoms with Gasteiger partial charge in [-0.05, 0) is 32.9 Å². The molecule has 16 heavy (non-hydrogen) atoms. The van der Waals surface area contributed by atoms with E-state index in [1.165, 1.54) is 0 Å². The molecule has 2 aromatic rings. The van der Waals surface area contributed by atoms with E-state index in [4.69, 9.17) is 5.73 Å². The van der Waals surface area contributed by atoms with Crippen LogP contribution in [0.25, 0.3) is 5.78 Å². The molecule has 5 nitrogen and oxygen atoms in total. The van der Waals surface area contributed by atoms with Crippen LogP contribution in [0.15, 0.2) is 6.07 Å². The number of aryl methyl sites for hydroxylation is 2. The van der Waals surface area contributed by atoms with Gasteiger partial charge in [-0.2, -0.15) is 0 Å². The third-order valence-corrected chi connectivity index (χ3v) is 2.76. The van der Waals surface area contributed by atoms with Crippen LogP contribution >= 0.6 is 0 Å². The third kappa shape index (κ3) is 1.78. The van der Waals surface area contributed by atoms with Crippen LogP contribution in [0.4, 0.5) is 0 Å². The lowest BCUT2D eigenvalue weighted by molar-refractivity contribution is 0.636. The average molecular weight is 219 g/mol.